The van der Waals surface area contributed by atoms with Gasteiger partial charge in [0.1, 0.15) is 11.9 Å². The summed E-state index contributed by atoms with van der Waals surface area (Å²) in [5.41, 5.74) is 8.60. The van der Waals surface area contributed by atoms with Crippen LogP contribution in [0.15, 0.2) is 18.2 Å². The molecule has 1 aliphatic rings. The first-order valence-corrected chi connectivity index (χ1v) is 7.29. The Bertz CT molecular complexity index is 431. The second-order valence-electron chi connectivity index (χ2n) is 5.94. The molecule has 0 saturated carbocycles. The van der Waals surface area contributed by atoms with Gasteiger partial charge in [0.25, 0.3) is 0 Å². The van der Waals surface area contributed by atoms with Gasteiger partial charge in [-0.15, -0.1) is 0 Å². The van der Waals surface area contributed by atoms with Crippen molar-refractivity contribution in [3.63, 3.8) is 0 Å². The molecule has 1 aromatic rings. The fourth-order valence-electron chi connectivity index (χ4n) is 2.42. The maximum absolute atomic E-state index is 6.14. The molecule has 0 saturated heterocycles. The molecule has 0 aliphatic carbocycles. The quantitative estimate of drug-likeness (QED) is 0.906. The minimum absolute atomic E-state index is 0.222. The molecular formula is C16H26N2O. The number of hydrogen-bond acceptors (Lipinski definition) is 3. The molecule has 2 atom stereocenters. The van der Waals surface area contributed by atoms with Gasteiger partial charge >= 0.3 is 0 Å². The van der Waals surface area contributed by atoms with Gasteiger partial charge < -0.3 is 15.4 Å². The Morgan fingerprint density at radius 3 is 2.79 bits per heavy atom. The summed E-state index contributed by atoms with van der Waals surface area (Å²) in [6, 6.07) is 6.62. The lowest BCUT2D eigenvalue weighted by molar-refractivity contribution is 0.145. The summed E-state index contributed by atoms with van der Waals surface area (Å²) in [5.74, 6) is 1.51. The van der Waals surface area contributed by atoms with E-state index >= 15 is 0 Å². The summed E-state index contributed by atoms with van der Waals surface area (Å²) in [4.78, 5) is 2.39. The number of aryl methyl sites for hydroxylation is 1. The lowest BCUT2D eigenvalue weighted by atomic mass is 10.0. The summed E-state index contributed by atoms with van der Waals surface area (Å²) >= 11 is 0. The minimum Gasteiger partial charge on any atom is -0.486 e. The fraction of sp³-hybridized carbons (Fsp3) is 0.625. The van der Waals surface area contributed by atoms with Crippen molar-refractivity contribution in [2.75, 3.05) is 18.0 Å². The van der Waals surface area contributed by atoms with Gasteiger partial charge in [0, 0.05) is 12.6 Å². The summed E-state index contributed by atoms with van der Waals surface area (Å²) in [6.07, 6.45) is 1.25. The highest BCUT2D eigenvalue weighted by Gasteiger charge is 2.28. The molecule has 106 valence electrons. The van der Waals surface area contributed by atoms with Crippen molar-refractivity contribution < 1.29 is 4.74 Å². The monoisotopic (exact) mass is 262 g/mol. The number of rotatable bonds is 4. The average molecular weight is 262 g/mol. The van der Waals surface area contributed by atoms with E-state index in [-0.39, 0.29) is 12.1 Å². The molecule has 1 aliphatic heterocycles. The lowest BCUT2D eigenvalue weighted by Crippen LogP contribution is -2.47. The van der Waals surface area contributed by atoms with Gasteiger partial charge in [-0.1, -0.05) is 26.8 Å². The zero-order chi connectivity index (χ0) is 14.0. The van der Waals surface area contributed by atoms with E-state index < -0.39 is 0 Å². The van der Waals surface area contributed by atoms with Gasteiger partial charge in [0.05, 0.1) is 12.2 Å². The van der Waals surface area contributed by atoms with Crippen LogP contribution < -0.4 is 15.4 Å². The second kappa shape index (κ2) is 5.83. The van der Waals surface area contributed by atoms with Gasteiger partial charge in [0.2, 0.25) is 0 Å². The maximum Gasteiger partial charge on any atom is 0.143 e. The minimum atomic E-state index is 0.222. The van der Waals surface area contributed by atoms with Crippen LogP contribution in [0.25, 0.3) is 0 Å². The zero-order valence-corrected chi connectivity index (χ0v) is 12.5. The van der Waals surface area contributed by atoms with Gasteiger partial charge in [-0.2, -0.15) is 0 Å². The molecule has 3 nitrogen and oxygen atoms in total. The number of anilines is 1. The Morgan fingerprint density at radius 2 is 2.16 bits per heavy atom. The molecule has 2 rings (SSSR count). The first kappa shape index (κ1) is 14.2. The number of nitrogens with two attached hydrogens (primary N) is 1. The van der Waals surface area contributed by atoms with E-state index in [1.54, 1.807) is 0 Å². The molecular weight excluding hydrogens is 236 g/mol. The zero-order valence-electron chi connectivity index (χ0n) is 12.5. The molecule has 0 spiro atoms. The summed E-state index contributed by atoms with van der Waals surface area (Å²) < 4.78 is 6.11. The maximum atomic E-state index is 6.14. The molecule has 1 heterocycles. The normalized spacial score (nSPS) is 20.1. The molecule has 19 heavy (non-hydrogen) atoms. The third kappa shape index (κ3) is 3.21. The smallest absolute Gasteiger partial charge is 0.143 e. The topological polar surface area (TPSA) is 38.5 Å². The Kier molecular flexibility index (Phi) is 4.35. The molecule has 0 amide bonds. The third-order valence-electron chi connectivity index (χ3n) is 3.86. The highest BCUT2D eigenvalue weighted by Crippen LogP contribution is 2.35. The molecule has 0 radical (unpaired) electrons. The van der Waals surface area contributed by atoms with E-state index in [1.165, 1.54) is 11.3 Å². The van der Waals surface area contributed by atoms with E-state index in [9.17, 15) is 0 Å². The molecule has 2 N–H and O–H groups in total. The number of fused-ring (bicyclic) bond motifs is 1. The predicted octanol–water partition coefficient (Wildman–Crippen LogP) is 2.96. The van der Waals surface area contributed by atoms with Gasteiger partial charge in [-0.25, -0.2) is 0 Å². The molecule has 1 aromatic carbocycles. The summed E-state index contributed by atoms with van der Waals surface area (Å²) in [5, 5.41) is 0. The second-order valence-corrected chi connectivity index (χ2v) is 5.94. The SMILES string of the molecule is CCC(N)CN1CC(C(C)C)Oc2ccc(C)cc21. The number of ether oxygens (including phenoxy) is 1. The molecule has 3 heteroatoms. The number of benzene rings is 1. The Morgan fingerprint density at radius 1 is 1.42 bits per heavy atom. The van der Waals surface area contributed by atoms with Crippen molar-refractivity contribution in [2.45, 2.75) is 46.3 Å². The Hall–Kier alpha value is -1.22. The highest BCUT2D eigenvalue weighted by molar-refractivity contribution is 5.61. The first-order valence-electron chi connectivity index (χ1n) is 7.29. The van der Waals surface area contributed by atoms with Crippen LogP contribution in [0.3, 0.4) is 0 Å². The van der Waals surface area contributed by atoms with Crippen molar-refractivity contribution in [1.82, 2.24) is 0 Å². The van der Waals surface area contributed by atoms with Crippen LogP contribution in [-0.2, 0) is 0 Å². The molecule has 0 aromatic heterocycles. The van der Waals surface area contributed by atoms with Gasteiger partial charge in [-0.3, -0.25) is 0 Å². The van der Waals surface area contributed by atoms with Crippen molar-refractivity contribution in [3.05, 3.63) is 23.8 Å². The van der Waals surface area contributed by atoms with Crippen LogP contribution in [0.1, 0.15) is 32.8 Å². The summed E-state index contributed by atoms with van der Waals surface area (Å²) in [6.45, 7) is 10.5. The molecule has 2 unspecified atom stereocenters. The van der Waals surface area contributed by atoms with E-state index in [0.29, 0.717) is 5.92 Å². The van der Waals surface area contributed by atoms with Gasteiger partial charge in [-0.05, 0) is 37.0 Å². The van der Waals surface area contributed by atoms with E-state index in [2.05, 4.69) is 50.8 Å². The van der Waals surface area contributed by atoms with Crippen LogP contribution in [0.2, 0.25) is 0 Å². The lowest BCUT2D eigenvalue weighted by Gasteiger charge is -2.39. The number of hydrogen-bond donors (Lipinski definition) is 1. The highest BCUT2D eigenvalue weighted by atomic mass is 16.5. The van der Waals surface area contributed by atoms with E-state index in [0.717, 1.165) is 25.3 Å². The summed E-state index contributed by atoms with van der Waals surface area (Å²) in [7, 11) is 0. The van der Waals surface area contributed by atoms with Crippen LogP contribution >= 0.6 is 0 Å². The molecule has 0 bridgehead atoms. The number of nitrogens with zero attached hydrogens (tertiary/aromatic N) is 1. The van der Waals surface area contributed by atoms with E-state index in [1.807, 2.05) is 0 Å². The largest absolute Gasteiger partial charge is 0.486 e. The van der Waals surface area contributed by atoms with Crippen molar-refractivity contribution in [3.8, 4) is 5.75 Å². The van der Waals surface area contributed by atoms with Crippen molar-refractivity contribution >= 4 is 5.69 Å². The average Bonchev–Trinajstić information content (AvgIpc) is 2.38. The Balaban J connectivity index is 2.28. The van der Waals surface area contributed by atoms with E-state index in [4.69, 9.17) is 10.5 Å². The molecule has 0 fully saturated rings. The first-order chi connectivity index (χ1) is 9.01. The van der Waals surface area contributed by atoms with Crippen LogP contribution in [0, 0.1) is 12.8 Å². The van der Waals surface area contributed by atoms with Crippen molar-refractivity contribution in [1.29, 1.82) is 0 Å². The fourth-order valence-corrected chi connectivity index (χ4v) is 2.42. The van der Waals surface area contributed by atoms with Crippen LogP contribution in [-0.4, -0.2) is 25.2 Å². The standard InChI is InChI=1S/C16H26N2O/c1-5-13(17)9-18-10-16(11(2)3)19-15-7-6-12(4)8-14(15)18/h6-8,11,13,16H,5,9-10,17H2,1-4H3. The Labute approximate surface area is 116 Å². The van der Waals surface area contributed by atoms with Crippen molar-refractivity contribution in [2.24, 2.45) is 11.7 Å². The van der Waals surface area contributed by atoms with Crippen LogP contribution in [0.5, 0.6) is 5.75 Å². The third-order valence-corrected chi connectivity index (χ3v) is 3.86. The van der Waals surface area contributed by atoms with Gasteiger partial charge in [0.15, 0.2) is 0 Å². The van der Waals surface area contributed by atoms with Crippen LogP contribution in [0.4, 0.5) is 5.69 Å². The predicted molar refractivity (Wildman–Crippen MR) is 80.9 cm³/mol.